The third-order valence-electron chi connectivity index (χ3n) is 1.98. The number of alkyl halides is 10. The number of carbonyl (C=O) groups excluding carboxylic acids is 2. The minimum atomic E-state index is -6.01. The average molecular weight is 380 g/mol. The second-order valence-electron chi connectivity index (χ2n) is 3.95. The molecule has 24 heavy (non-hydrogen) atoms. The van der Waals surface area contributed by atoms with Gasteiger partial charge in [-0.2, -0.15) is 43.9 Å². The van der Waals surface area contributed by atoms with Gasteiger partial charge < -0.3 is 9.47 Å². The average Bonchev–Trinajstić information content (AvgIpc) is 2.38. The van der Waals surface area contributed by atoms with Crippen molar-refractivity contribution in [2.75, 3.05) is 13.2 Å². The zero-order chi connectivity index (χ0) is 19.4. The monoisotopic (exact) mass is 380 g/mol. The zero-order valence-electron chi connectivity index (χ0n) is 11.0. The third kappa shape index (κ3) is 6.62. The van der Waals surface area contributed by atoms with Crippen LogP contribution in [0.3, 0.4) is 0 Å². The lowest BCUT2D eigenvalue weighted by atomic mass is 10.3. The molecule has 0 N–H and O–H groups in total. The van der Waals surface area contributed by atoms with E-state index in [0.717, 1.165) is 0 Å². The van der Waals surface area contributed by atoms with E-state index in [-0.39, 0.29) is 12.2 Å². The topological polar surface area (TPSA) is 52.6 Å². The first kappa shape index (κ1) is 22.0. The molecule has 140 valence electrons. The van der Waals surface area contributed by atoms with Crippen LogP contribution in [0.5, 0.6) is 0 Å². The highest BCUT2D eigenvalue weighted by Crippen LogP contribution is 2.36. The number of hydrogen-bond acceptors (Lipinski definition) is 4. The molecule has 0 aliphatic rings. The fourth-order valence-electron chi connectivity index (χ4n) is 0.720. The van der Waals surface area contributed by atoms with Crippen molar-refractivity contribution in [3.8, 4) is 0 Å². The van der Waals surface area contributed by atoms with Crippen LogP contribution in [0.1, 0.15) is 0 Å². The molecule has 0 aromatic rings. The van der Waals surface area contributed by atoms with Gasteiger partial charge in [-0.1, -0.05) is 0 Å². The summed E-state index contributed by atoms with van der Waals surface area (Å²) >= 11 is 0. The number of hydrogen-bond donors (Lipinski definition) is 0. The molecule has 0 amide bonds. The predicted molar refractivity (Wildman–Crippen MR) is 53.1 cm³/mol. The molecule has 0 fully saturated rings. The van der Waals surface area contributed by atoms with Gasteiger partial charge in [0.25, 0.3) is 0 Å². The highest BCUT2D eigenvalue weighted by molar-refractivity contribution is 5.91. The van der Waals surface area contributed by atoms with E-state index in [2.05, 4.69) is 9.47 Å². The van der Waals surface area contributed by atoms with Gasteiger partial charge in [-0.3, -0.25) is 0 Å². The Morgan fingerprint density at radius 2 is 0.875 bits per heavy atom. The Hall–Kier alpha value is -2.02. The van der Waals surface area contributed by atoms with E-state index < -0.39 is 49.4 Å². The zero-order valence-corrected chi connectivity index (χ0v) is 11.0. The number of rotatable bonds is 6. The van der Waals surface area contributed by atoms with Gasteiger partial charge in [0, 0.05) is 12.2 Å². The van der Waals surface area contributed by atoms with Crippen LogP contribution < -0.4 is 0 Å². The van der Waals surface area contributed by atoms with Crippen molar-refractivity contribution in [1.29, 1.82) is 0 Å². The summed E-state index contributed by atoms with van der Waals surface area (Å²) in [6.45, 7) is -4.86. The molecule has 0 heterocycles. The van der Waals surface area contributed by atoms with E-state index in [0.29, 0.717) is 0 Å². The van der Waals surface area contributed by atoms with Crippen LogP contribution in [0.15, 0.2) is 12.2 Å². The van der Waals surface area contributed by atoms with E-state index >= 15 is 0 Å². The van der Waals surface area contributed by atoms with Gasteiger partial charge in [-0.05, 0) is 0 Å². The van der Waals surface area contributed by atoms with Crippen LogP contribution in [0.25, 0.3) is 0 Å². The molecule has 14 heteroatoms. The molecule has 0 rings (SSSR count). The molecule has 0 aromatic heterocycles. The van der Waals surface area contributed by atoms with E-state index in [1.807, 2.05) is 0 Å². The molecule has 4 nitrogen and oxygen atoms in total. The van der Waals surface area contributed by atoms with Crippen molar-refractivity contribution in [2.24, 2.45) is 0 Å². The van der Waals surface area contributed by atoms with Crippen molar-refractivity contribution in [2.45, 2.75) is 24.2 Å². The van der Waals surface area contributed by atoms with Gasteiger partial charge in [0.05, 0.1) is 0 Å². The van der Waals surface area contributed by atoms with Gasteiger partial charge >= 0.3 is 36.1 Å². The number of halogens is 10. The summed E-state index contributed by atoms with van der Waals surface area (Å²) in [5, 5.41) is 0. The molecule has 0 bridgehead atoms. The molecular formula is C10H6F10O4. The first-order valence-corrected chi connectivity index (χ1v) is 5.40. The molecule has 0 saturated carbocycles. The number of carbonyl (C=O) groups is 2. The Morgan fingerprint density at radius 1 is 0.625 bits per heavy atom. The number of ether oxygens (including phenoxy) is 2. The molecule has 0 aliphatic heterocycles. The van der Waals surface area contributed by atoms with Crippen molar-refractivity contribution < 1.29 is 63.0 Å². The standard InChI is InChI=1S/C10H6F10O4/c11-7(12,9(15,16)17)3-23-5(21)1-2-6(22)24-4-8(13,14)10(18,19)20/h1-2H,3-4H2/b2-1+. The van der Waals surface area contributed by atoms with Gasteiger partial charge in [0.1, 0.15) is 0 Å². The van der Waals surface area contributed by atoms with Crippen molar-refractivity contribution in [1.82, 2.24) is 0 Å². The summed E-state index contributed by atoms with van der Waals surface area (Å²) in [6.07, 6.45) is -12.2. The highest BCUT2D eigenvalue weighted by Gasteiger charge is 2.59. The molecule has 0 radical (unpaired) electrons. The van der Waals surface area contributed by atoms with Crippen LogP contribution in [-0.4, -0.2) is 49.4 Å². The third-order valence-corrected chi connectivity index (χ3v) is 1.98. The summed E-state index contributed by atoms with van der Waals surface area (Å²) in [7, 11) is 0. The largest absolute Gasteiger partial charge is 0.456 e. The Bertz CT molecular complexity index is 447. The Balaban J connectivity index is 4.45. The first-order chi connectivity index (χ1) is 10.5. The van der Waals surface area contributed by atoms with Crippen LogP contribution >= 0.6 is 0 Å². The van der Waals surface area contributed by atoms with Crippen LogP contribution in [-0.2, 0) is 19.1 Å². The van der Waals surface area contributed by atoms with Crippen molar-refractivity contribution >= 4 is 11.9 Å². The maximum Gasteiger partial charge on any atom is 0.456 e. The highest BCUT2D eigenvalue weighted by atomic mass is 19.4. The first-order valence-electron chi connectivity index (χ1n) is 5.40. The Kier molecular flexibility index (Phi) is 6.64. The van der Waals surface area contributed by atoms with Gasteiger partial charge in [-0.25, -0.2) is 9.59 Å². The minimum Gasteiger partial charge on any atom is -0.456 e. The predicted octanol–water partition coefficient (Wildman–Crippen LogP) is 3.02. The van der Waals surface area contributed by atoms with Gasteiger partial charge in [0.15, 0.2) is 13.2 Å². The smallest absolute Gasteiger partial charge is 0.456 e. The van der Waals surface area contributed by atoms with E-state index in [9.17, 15) is 53.5 Å². The van der Waals surface area contributed by atoms with Crippen LogP contribution in [0.2, 0.25) is 0 Å². The normalized spacial score (nSPS) is 13.9. The Labute approximate surface area is 126 Å². The fourth-order valence-corrected chi connectivity index (χ4v) is 0.720. The SMILES string of the molecule is O=C(/C=C/C(=O)OCC(F)(F)C(F)(F)F)OCC(F)(F)C(F)(F)F. The lowest BCUT2D eigenvalue weighted by molar-refractivity contribution is -0.294. The van der Waals surface area contributed by atoms with Crippen LogP contribution in [0.4, 0.5) is 43.9 Å². The van der Waals surface area contributed by atoms with Crippen molar-refractivity contribution in [3.05, 3.63) is 12.2 Å². The molecular weight excluding hydrogens is 374 g/mol. The number of esters is 2. The van der Waals surface area contributed by atoms with E-state index in [1.54, 1.807) is 0 Å². The molecule has 0 atom stereocenters. The van der Waals surface area contributed by atoms with Crippen LogP contribution in [0, 0.1) is 0 Å². The molecule has 0 aliphatic carbocycles. The van der Waals surface area contributed by atoms with E-state index in [1.165, 1.54) is 0 Å². The van der Waals surface area contributed by atoms with Gasteiger partial charge in [-0.15, -0.1) is 0 Å². The summed E-state index contributed by atoms with van der Waals surface area (Å²) in [5.74, 6) is -14.6. The second kappa shape index (κ2) is 7.25. The summed E-state index contributed by atoms with van der Waals surface area (Å²) < 4.78 is 127. The van der Waals surface area contributed by atoms with E-state index in [4.69, 9.17) is 0 Å². The summed E-state index contributed by atoms with van der Waals surface area (Å²) in [6, 6.07) is 0. The molecule has 0 unspecified atom stereocenters. The maximum atomic E-state index is 12.3. The molecule has 0 spiro atoms. The lowest BCUT2D eigenvalue weighted by Gasteiger charge is -2.18. The fraction of sp³-hybridized carbons (Fsp3) is 0.600. The second-order valence-corrected chi connectivity index (χ2v) is 3.95. The lowest BCUT2D eigenvalue weighted by Crippen LogP contribution is -2.41. The minimum absolute atomic E-state index is 0.0967. The summed E-state index contributed by atoms with van der Waals surface area (Å²) in [4.78, 5) is 21.5. The summed E-state index contributed by atoms with van der Waals surface area (Å²) in [5.41, 5.74) is 0. The molecule has 0 aromatic carbocycles. The Morgan fingerprint density at radius 3 is 1.08 bits per heavy atom. The maximum absolute atomic E-state index is 12.3. The van der Waals surface area contributed by atoms with Crippen molar-refractivity contribution in [3.63, 3.8) is 0 Å². The quantitative estimate of drug-likeness (QED) is 0.404. The van der Waals surface area contributed by atoms with Gasteiger partial charge in [0.2, 0.25) is 0 Å². The molecule has 0 saturated heterocycles.